The average Bonchev–Trinajstić information content (AvgIpc) is 3.42. The monoisotopic (exact) mass is 489 g/mol. The number of ketones is 1. The molecule has 3 aromatic carbocycles. The standard InChI is InChI=1S/C25H23N5O4S/c1-18(31)21-8-12-24(13-9-21)35(33,34)29-15-20-2-6-22(7-3-20)25(32)27-14-19-4-10-23(11-5-19)30-17-26-16-28-30/h2-13,16-17,29H,14-15H2,1H3,(H,27,32). The number of amides is 1. The average molecular weight is 490 g/mol. The first-order valence-corrected chi connectivity index (χ1v) is 12.2. The molecule has 0 aliphatic carbocycles. The molecule has 0 unspecified atom stereocenters. The molecule has 0 saturated heterocycles. The Kier molecular flexibility index (Phi) is 7.14. The summed E-state index contributed by atoms with van der Waals surface area (Å²) in [6, 6.07) is 20.0. The Morgan fingerprint density at radius 2 is 1.43 bits per heavy atom. The summed E-state index contributed by atoms with van der Waals surface area (Å²) in [5, 5.41) is 6.94. The molecule has 0 atom stereocenters. The van der Waals surface area contributed by atoms with Crippen molar-refractivity contribution in [2.45, 2.75) is 24.9 Å². The molecular formula is C25H23N5O4S. The number of carbonyl (C=O) groups excluding carboxylic acids is 2. The number of carbonyl (C=O) groups is 2. The van der Waals surface area contributed by atoms with Gasteiger partial charge in [-0.2, -0.15) is 5.10 Å². The number of Topliss-reactive ketones (excluding diaryl/α,β-unsaturated/α-hetero) is 1. The lowest BCUT2D eigenvalue weighted by Gasteiger charge is -2.09. The molecule has 4 rings (SSSR count). The molecule has 1 aromatic heterocycles. The fourth-order valence-electron chi connectivity index (χ4n) is 3.30. The van der Waals surface area contributed by atoms with Crippen LogP contribution in [0, 0.1) is 0 Å². The van der Waals surface area contributed by atoms with Crippen LogP contribution in [0.2, 0.25) is 0 Å². The number of nitrogens with one attached hydrogen (secondary N) is 2. The van der Waals surface area contributed by atoms with Gasteiger partial charge in [0.05, 0.1) is 10.6 Å². The predicted octanol–water partition coefficient (Wildman–Crippen LogP) is 2.88. The highest BCUT2D eigenvalue weighted by atomic mass is 32.2. The third-order valence-corrected chi connectivity index (χ3v) is 6.74. The summed E-state index contributed by atoms with van der Waals surface area (Å²) >= 11 is 0. The van der Waals surface area contributed by atoms with Crippen LogP contribution < -0.4 is 10.0 Å². The molecule has 35 heavy (non-hydrogen) atoms. The van der Waals surface area contributed by atoms with Gasteiger partial charge in [-0.05, 0) is 54.4 Å². The Morgan fingerprint density at radius 3 is 2.03 bits per heavy atom. The van der Waals surface area contributed by atoms with Crippen molar-refractivity contribution in [3.8, 4) is 5.69 Å². The number of hydrogen-bond acceptors (Lipinski definition) is 6. The fourth-order valence-corrected chi connectivity index (χ4v) is 4.31. The van der Waals surface area contributed by atoms with Crippen molar-refractivity contribution < 1.29 is 18.0 Å². The largest absolute Gasteiger partial charge is 0.348 e. The summed E-state index contributed by atoms with van der Waals surface area (Å²) in [6.45, 7) is 1.85. The van der Waals surface area contributed by atoms with E-state index in [1.54, 1.807) is 35.3 Å². The number of hydrogen-bond donors (Lipinski definition) is 2. The fraction of sp³-hybridized carbons (Fsp3) is 0.120. The van der Waals surface area contributed by atoms with Crippen molar-refractivity contribution in [2.24, 2.45) is 0 Å². The summed E-state index contributed by atoms with van der Waals surface area (Å²) in [5.41, 5.74) is 3.42. The molecule has 4 aromatic rings. The van der Waals surface area contributed by atoms with Crippen LogP contribution in [0.4, 0.5) is 0 Å². The van der Waals surface area contributed by atoms with E-state index < -0.39 is 10.0 Å². The van der Waals surface area contributed by atoms with Gasteiger partial charge in [0.25, 0.3) is 5.91 Å². The summed E-state index contributed by atoms with van der Waals surface area (Å²) in [4.78, 5) is 27.8. The maximum atomic E-state index is 12.5. The van der Waals surface area contributed by atoms with Crippen molar-refractivity contribution in [1.82, 2.24) is 24.8 Å². The molecular weight excluding hydrogens is 466 g/mol. The number of aromatic nitrogens is 3. The van der Waals surface area contributed by atoms with Crippen molar-refractivity contribution in [3.63, 3.8) is 0 Å². The van der Waals surface area contributed by atoms with Gasteiger partial charge in [-0.1, -0.05) is 36.4 Å². The summed E-state index contributed by atoms with van der Waals surface area (Å²) in [6.07, 6.45) is 3.07. The number of benzene rings is 3. The predicted molar refractivity (Wildman–Crippen MR) is 129 cm³/mol. The van der Waals surface area contributed by atoms with Crippen LogP contribution in [-0.4, -0.2) is 34.9 Å². The second kappa shape index (κ2) is 10.4. The first-order valence-electron chi connectivity index (χ1n) is 10.7. The van der Waals surface area contributed by atoms with E-state index in [0.717, 1.165) is 11.3 Å². The minimum absolute atomic E-state index is 0.0663. The van der Waals surface area contributed by atoms with Crippen molar-refractivity contribution >= 4 is 21.7 Å². The van der Waals surface area contributed by atoms with Gasteiger partial charge in [0, 0.05) is 24.2 Å². The van der Waals surface area contributed by atoms with Gasteiger partial charge >= 0.3 is 0 Å². The van der Waals surface area contributed by atoms with Gasteiger partial charge in [-0.25, -0.2) is 22.8 Å². The molecule has 178 valence electrons. The van der Waals surface area contributed by atoms with Crippen LogP contribution in [0.3, 0.4) is 0 Å². The molecule has 0 radical (unpaired) electrons. The maximum Gasteiger partial charge on any atom is 0.251 e. The highest BCUT2D eigenvalue weighted by Crippen LogP contribution is 2.13. The van der Waals surface area contributed by atoms with E-state index in [1.807, 2.05) is 24.3 Å². The van der Waals surface area contributed by atoms with Crippen LogP contribution in [-0.2, 0) is 23.1 Å². The van der Waals surface area contributed by atoms with Crippen molar-refractivity contribution in [3.05, 3.63) is 108 Å². The Bertz CT molecular complexity index is 1410. The molecule has 0 aliphatic rings. The van der Waals surface area contributed by atoms with Crippen LogP contribution in [0.1, 0.15) is 38.8 Å². The topological polar surface area (TPSA) is 123 Å². The van der Waals surface area contributed by atoms with E-state index in [4.69, 9.17) is 0 Å². The zero-order chi connectivity index (χ0) is 24.8. The van der Waals surface area contributed by atoms with Crippen LogP contribution in [0.5, 0.6) is 0 Å². The van der Waals surface area contributed by atoms with Crippen LogP contribution in [0.15, 0.2) is 90.3 Å². The minimum atomic E-state index is -3.73. The molecule has 2 N–H and O–H groups in total. The Hall–Kier alpha value is -4.15. The quantitative estimate of drug-likeness (QED) is 0.349. The molecule has 1 heterocycles. The number of rotatable bonds is 9. The second-order valence-electron chi connectivity index (χ2n) is 7.79. The summed E-state index contributed by atoms with van der Waals surface area (Å²) < 4.78 is 29.2. The van der Waals surface area contributed by atoms with Crippen molar-refractivity contribution in [2.75, 3.05) is 0 Å². The van der Waals surface area contributed by atoms with Gasteiger partial charge < -0.3 is 5.32 Å². The third kappa shape index (κ3) is 6.05. The number of nitrogens with zero attached hydrogens (tertiary/aromatic N) is 3. The smallest absolute Gasteiger partial charge is 0.251 e. The summed E-state index contributed by atoms with van der Waals surface area (Å²) in [7, 11) is -3.73. The zero-order valence-electron chi connectivity index (χ0n) is 18.9. The lowest BCUT2D eigenvalue weighted by Crippen LogP contribution is -2.24. The Morgan fingerprint density at radius 1 is 0.829 bits per heavy atom. The second-order valence-corrected chi connectivity index (χ2v) is 9.56. The van der Waals surface area contributed by atoms with Gasteiger partial charge in [0.15, 0.2) is 5.78 Å². The number of sulfonamides is 1. The first-order chi connectivity index (χ1) is 16.8. The first kappa shape index (κ1) is 24.0. The van der Waals surface area contributed by atoms with Gasteiger partial charge in [-0.15, -0.1) is 0 Å². The normalized spacial score (nSPS) is 11.2. The molecule has 0 spiro atoms. The Labute approximate surface area is 202 Å². The van der Waals surface area contributed by atoms with E-state index in [1.165, 1.54) is 37.5 Å². The maximum absolute atomic E-state index is 12.5. The molecule has 1 amide bonds. The molecule has 0 bridgehead atoms. The molecule has 0 aliphatic heterocycles. The lowest BCUT2D eigenvalue weighted by atomic mass is 10.1. The lowest BCUT2D eigenvalue weighted by molar-refractivity contribution is 0.0950. The molecule has 0 fully saturated rings. The minimum Gasteiger partial charge on any atom is -0.348 e. The van der Waals surface area contributed by atoms with E-state index in [9.17, 15) is 18.0 Å². The van der Waals surface area contributed by atoms with E-state index in [0.29, 0.717) is 23.2 Å². The van der Waals surface area contributed by atoms with Crippen LogP contribution >= 0.6 is 0 Å². The van der Waals surface area contributed by atoms with Crippen molar-refractivity contribution in [1.29, 1.82) is 0 Å². The van der Waals surface area contributed by atoms with E-state index in [2.05, 4.69) is 20.1 Å². The van der Waals surface area contributed by atoms with Gasteiger partial charge in [0.1, 0.15) is 12.7 Å². The highest BCUT2D eigenvalue weighted by molar-refractivity contribution is 7.89. The van der Waals surface area contributed by atoms with E-state index in [-0.39, 0.29) is 23.1 Å². The SMILES string of the molecule is CC(=O)c1ccc(S(=O)(=O)NCc2ccc(C(=O)NCc3ccc(-n4cncn4)cc3)cc2)cc1. The van der Waals surface area contributed by atoms with Gasteiger partial charge in [0.2, 0.25) is 10.0 Å². The molecule has 9 nitrogen and oxygen atoms in total. The molecule has 0 saturated carbocycles. The highest BCUT2D eigenvalue weighted by Gasteiger charge is 2.14. The summed E-state index contributed by atoms with van der Waals surface area (Å²) in [5.74, 6) is -0.366. The van der Waals surface area contributed by atoms with Gasteiger partial charge in [-0.3, -0.25) is 9.59 Å². The zero-order valence-corrected chi connectivity index (χ0v) is 19.7. The van der Waals surface area contributed by atoms with Crippen LogP contribution in [0.25, 0.3) is 5.69 Å². The van der Waals surface area contributed by atoms with E-state index >= 15 is 0 Å². The third-order valence-electron chi connectivity index (χ3n) is 5.33. The Balaban J connectivity index is 1.30. The molecule has 10 heteroatoms.